The zero-order valence-electron chi connectivity index (χ0n) is 20.5. The number of rotatable bonds is 5. The average molecular weight is 487 g/mol. The van der Waals surface area contributed by atoms with Crippen LogP contribution in [0.3, 0.4) is 0 Å². The number of carbonyl (C=O) groups is 1. The molecular weight excluding hydrogens is 452 g/mol. The van der Waals surface area contributed by atoms with Crippen LogP contribution < -0.4 is 0 Å². The van der Waals surface area contributed by atoms with Gasteiger partial charge in [-0.05, 0) is 57.9 Å². The van der Waals surface area contributed by atoms with Gasteiger partial charge in [0, 0.05) is 39.3 Å². The predicted octanol–water partition coefficient (Wildman–Crippen LogP) is 2.94. The first kappa shape index (κ1) is 24.6. The van der Waals surface area contributed by atoms with Crippen LogP contribution >= 0.6 is 0 Å². The second kappa shape index (κ2) is 10.0. The number of amides is 1. The molecule has 2 aliphatic heterocycles. The van der Waals surface area contributed by atoms with E-state index in [2.05, 4.69) is 10.1 Å². The van der Waals surface area contributed by atoms with Gasteiger partial charge in [0.05, 0.1) is 5.92 Å². The van der Waals surface area contributed by atoms with Gasteiger partial charge in [0.2, 0.25) is 15.9 Å². The maximum atomic E-state index is 13.7. The standard InChI is InChI=1S/C25H34N4O4S/c1-18-7-8-19(2)21(16-18)9-10-23-24(20(3)26-33-23)34(31,32)29-11-5-6-22(17-29)25(30)28-14-12-27(4)13-15-28/h7-10,16,22H,5-6,11-15,17H2,1-4H3. The molecule has 184 valence electrons. The van der Waals surface area contributed by atoms with Gasteiger partial charge in [-0.2, -0.15) is 4.31 Å². The molecule has 3 heterocycles. The van der Waals surface area contributed by atoms with Gasteiger partial charge in [-0.1, -0.05) is 35.0 Å². The third-order valence-corrected chi connectivity index (χ3v) is 8.85. The van der Waals surface area contributed by atoms with Crippen molar-refractivity contribution in [3.8, 4) is 0 Å². The Hall–Kier alpha value is -2.49. The second-order valence-corrected chi connectivity index (χ2v) is 11.4. The highest BCUT2D eigenvalue weighted by atomic mass is 32.2. The summed E-state index contributed by atoms with van der Waals surface area (Å²) in [5.74, 6) is -0.0444. The molecule has 2 saturated heterocycles. The Balaban J connectivity index is 1.55. The van der Waals surface area contributed by atoms with Crippen molar-refractivity contribution >= 4 is 28.1 Å². The van der Waals surface area contributed by atoms with Gasteiger partial charge in [-0.15, -0.1) is 0 Å². The number of likely N-dealkylation sites (N-methyl/N-ethyl adjacent to an activating group) is 1. The lowest BCUT2D eigenvalue weighted by molar-refractivity contribution is -0.138. The second-order valence-electron chi connectivity index (χ2n) is 9.49. The maximum absolute atomic E-state index is 13.7. The number of sulfonamides is 1. The van der Waals surface area contributed by atoms with Crippen LogP contribution in [-0.4, -0.2) is 79.9 Å². The molecule has 0 radical (unpaired) electrons. The normalized spacial score (nSPS) is 20.8. The lowest BCUT2D eigenvalue weighted by Crippen LogP contribution is -2.52. The Kier molecular flexibility index (Phi) is 7.25. The van der Waals surface area contributed by atoms with Gasteiger partial charge in [0.25, 0.3) is 0 Å². The summed E-state index contributed by atoms with van der Waals surface area (Å²) >= 11 is 0. The molecule has 34 heavy (non-hydrogen) atoms. The molecule has 2 aromatic rings. The average Bonchev–Trinajstić information content (AvgIpc) is 3.21. The molecule has 9 heteroatoms. The number of piperazine rings is 1. The fraction of sp³-hybridized carbons (Fsp3) is 0.520. The van der Waals surface area contributed by atoms with Crippen molar-refractivity contribution < 1.29 is 17.7 Å². The number of aromatic nitrogens is 1. The molecule has 2 fully saturated rings. The largest absolute Gasteiger partial charge is 0.355 e. The molecule has 2 aliphatic rings. The number of benzene rings is 1. The molecule has 1 atom stereocenters. The Bertz CT molecular complexity index is 1180. The Morgan fingerprint density at radius 3 is 2.56 bits per heavy atom. The Morgan fingerprint density at radius 1 is 1.09 bits per heavy atom. The first-order valence-corrected chi connectivity index (χ1v) is 13.3. The van der Waals surface area contributed by atoms with Crippen LogP contribution in [0.25, 0.3) is 12.2 Å². The summed E-state index contributed by atoms with van der Waals surface area (Å²) in [5.41, 5.74) is 3.53. The monoisotopic (exact) mass is 486 g/mol. The van der Waals surface area contributed by atoms with E-state index < -0.39 is 10.0 Å². The van der Waals surface area contributed by atoms with Gasteiger partial charge < -0.3 is 14.3 Å². The fourth-order valence-electron chi connectivity index (χ4n) is 4.68. The molecule has 0 spiro atoms. The van der Waals surface area contributed by atoms with Crippen molar-refractivity contribution in [3.63, 3.8) is 0 Å². The molecule has 8 nitrogen and oxygen atoms in total. The molecule has 1 unspecified atom stereocenters. The van der Waals surface area contributed by atoms with Crippen molar-refractivity contribution in [2.45, 2.75) is 38.5 Å². The van der Waals surface area contributed by atoms with Crippen LogP contribution in [0.2, 0.25) is 0 Å². The highest BCUT2D eigenvalue weighted by Gasteiger charge is 2.38. The Labute approximate surface area is 202 Å². The maximum Gasteiger partial charge on any atom is 0.248 e. The third-order valence-electron chi connectivity index (χ3n) is 6.83. The van der Waals surface area contributed by atoms with Crippen LogP contribution in [0.4, 0.5) is 0 Å². The number of hydrogen-bond donors (Lipinski definition) is 0. The van der Waals surface area contributed by atoms with Gasteiger partial charge in [-0.3, -0.25) is 4.79 Å². The quantitative estimate of drug-likeness (QED) is 0.646. The van der Waals surface area contributed by atoms with E-state index in [1.165, 1.54) is 4.31 Å². The lowest BCUT2D eigenvalue weighted by Gasteiger charge is -2.37. The minimum absolute atomic E-state index is 0.0603. The molecule has 0 aliphatic carbocycles. The van der Waals surface area contributed by atoms with Crippen LogP contribution in [0.15, 0.2) is 27.6 Å². The predicted molar refractivity (Wildman–Crippen MR) is 132 cm³/mol. The van der Waals surface area contributed by atoms with Crippen LogP contribution in [0.1, 0.15) is 41.0 Å². The van der Waals surface area contributed by atoms with Gasteiger partial charge in [-0.25, -0.2) is 8.42 Å². The van der Waals surface area contributed by atoms with Crippen LogP contribution in [0, 0.1) is 26.7 Å². The molecular formula is C25H34N4O4S. The summed E-state index contributed by atoms with van der Waals surface area (Å²) in [4.78, 5) is 17.3. The fourth-order valence-corrected chi connectivity index (χ4v) is 6.45. The summed E-state index contributed by atoms with van der Waals surface area (Å²) in [6.07, 6.45) is 4.89. The summed E-state index contributed by atoms with van der Waals surface area (Å²) < 4.78 is 34.2. The highest BCUT2D eigenvalue weighted by molar-refractivity contribution is 7.89. The summed E-state index contributed by atoms with van der Waals surface area (Å²) in [6, 6.07) is 6.11. The van der Waals surface area contributed by atoms with Crippen molar-refractivity contribution in [2.24, 2.45) is 5.92 Å². The number of nitrogens with zero attached hydrogens (tertiary/aromatic N) is 4. The van der Waals surface area contributed by atoms with Crippen molar-refractivity contribution in [3.05, 3.63) is 46.3 Å². The van der Waals surface area contributed by atoms with Gasteiger partial charge in [0.15, 0.2) is 10.7 Å². The van der Waals surface area contributed by atoms with E-state index in [0.29, 0.717) is 38.2 Å². The van der Waals surface area contributed by atoms with E-state index >= 15 is 0 Å². The molecule has 0 N–H and O–H groups in total. The topological polar surface area (TPSA) is 87.0 Å². The van der Waals surface area contributed by atoms with Crippen LogP contribution in [-0.2, 0) is 14.8 Å². The minimum Gasteiger partial charge on any atom is -0.355 e. The molecule has 0 saturated carbocycles. The van der Waals surface area contributed by atoms with E-state index in [4.69, 9.17) is 4.52 Å². The molecule has 4 rings (SSSR count). The van der Waals surface area contributed by atoms with Crippen molar-refractivity contribution in [2.75, 3.05) is 46.3 Å². The molecule has 1 aromatic heterocycles. The first-order valence-electron chi connectivity index (χ1n) is 11.9. The summed E-state index contributed by atoms with van der Waals surface area (Å²) in [6.45, 7) is 9.32. The number of aryl methyl sites for hydroxylation is 3. The number of piperidine rings is 1. The van der Waals surface area contributed by atoms with Gasteiger partial charge >= 0.3 is 0 Å². The van der Waals surface area contributed by atoms with E-state index in [0.717, 1.165) is 29.8 Å². The summed E-state index contributed by atoms with van der Waals surface area (Å²) in [5, 5.41) is 3.95. The number of carbonyl (C=O) groups excluding carboxylic acids is 1. The van der Waals surface area contributed by atoms with E-state index in [1.54, 1.807) is 13.0 Å². The smallest absolute Gasteiger partial charge is 0.248 e. The van der Waals surface area contributed by atoms with E-state index in [9.17, 15) is 13.2 Å². The van der Waals surface area contributed by atoms with Gasteiger partial charge in [0.1, 0.15) is 5.69 Å². The lowest BCUT2D eigenvalue weighted by atomic mass is 9.98. The zero-order chi connectivity index (χ0) is 24.5. The molecule has 1 aromatic carbocycles. The van der Waals surface area contributed by atoms with E-state index in [1.807, 2.05) is 50.1 Å². The SMILES string of the molecule is Cc1ccc(C)c(C=Cc2onc(C)c2S(=O)(=O)N2CCCC(C(=O)N3CCN(C)CC3)C2)c1. The Morgan fingerprint density at radius 2 is 1.82 bits per heavy atom. The number of hydrogen-bond acceptors (Lipinski definition) is 6. The molecule has 0 bridgehead atoms. The first-order chi connectivity index (χ1) is 16.2. The zero-order valence-corrected chi connectivity index (χ0v) is 21.3. The van der Waals surface area contributed by atoms with E-state index in [-0.39, 0.29) is 29.0 Å². The van der Waals surface area contributed by atoms with Crippen molar-refractivity contribution in [1.82, 2.24) is 19.3 Å². The summed E-state index contributed by atoms with van der Waals surface area (Å²) in [7, 11) is -1.82. The third kappa shape index (κ3) is 5.11. The minimum atomic E-state index is -3.86. The van der Waals surface area contributed by atoms with Crippen molar-refractivity contribution in [1.29, 1.82) is 0 Å². The molecule has 1 amide bonds. The highest BCUT2D eigenvalue weighted by Crippen LogP contribution is 2.30. The van der Waals surface area contributed by atoms with Crippen LogP contribution in [0.5, 0.6) is 0 Å².